The van der Waals surface area contributed by atoms with E-state index in [-0.39, 0.29) is 6.10 Å². The molecule has 126 valence electrons. The Balaban J connectivity index is 0.000000595. The quantitative estimate of drug-likeness (QED) is 0.824. The molecule has 0 aromatic carbocycles. The lowest BCUT2D eigenvalue weighted by Gasteiger charge is -2.24. The molecule has 3 rings (SSSR count). The molecule has 0 spiro atoms. The van der Waals surface area contributed by atoms with E-state index in [1.54, 1.807) is 0 Å². The van der Waals surface area contributed by atoms with Gasteiger partial charge in [-0.1, -0.05) is 38.5 Å². The van der Waals surface area contributed by atoms with E-state index < -0.39 is 0 Å². The molecule has 1 atom stereocenters. The number of H-pyrrole nitrogens is 1. The zero-order valence-electron chi connectivity index (χ0n) is 14.9. The van der Waals surface area contributed by atoms with Crippen LogP contribution in [0.1, 0.15) is 64.3 Å². The van der Waals surface area contributed by atoms with E-state index in [1.165, 1.54) is 28.2 Å². The summed E-state index contributed by atoms with van der Waals surface area (Å²) in [7, 11) is 0. The number of allylic oxidation sites excluding steroid dienone is 2. The maximum absolute atomic E-state index is 6.01. The van der Waals surface area contributed by atoms with Crippen molar-refractivity contribution < 1.29 is 4.74 Å². The van der Waals surface area contributed by atoms with Crippen molar-refractivity contribution in [2.24, 2.45) is 5.73 Å². The third kappa shape index (κ3) is 3.97. The van der Waals surface area contributed by atoms with Gasteiger partial charge in [-0.2, -0.15) is 0 Å². The molecular formula is C20H30N2O. The maximum Gasteiger partial charge on any atom is 0.122 e. The standard InChI is InChI=1S/C17H22N2O.C3H8/c1-3-12(10-11(2)18)17-16-14(8-9-20-17)13-6-4-5-7-15(13)19-16;1-3-2/h3,6-7,10,17,19H,4-5,8-9,18H2,1-2H3;3H2,1-2H3/b11-10+,12-3+;. The van der Waals surface area contributed by atoms with Crippen molar-refractivity contribution in [1.82, 2.24) is 4.98 Å². The van der Waals surface area contributed by atoms with Gasteiger partial charge in [0.1, 0.15) is 6.10 Å². The van der Waals surface area contributed by atoms with Gasteiger partial charge in [0.05, 0.1) is 12.3 Å². The largest absolute Gasteiger partial charge is 0.402 e. The third-order valence-corrected chi connectivity index (χ3v) is 4.00. The van der Waals surface area contributed by atoms with E-state index in [1.807, 2.05) is 19.9 Å². The first-order valence-corrected chi connectivity index (χ1v) is 8.75. The predicted molar refractivity (Wildman–Crippen MR) is 98.3 cm³/mol. The summed E-state index contributed by atoms with van der Waals surface area (Å²) >= 11 is 0. The lowest BCUT2D eigenvalue weighted by Crippen LogP contribution is -2.28. The van der Waals surface area contributed by atoms with Gasteiger partial charge in [0.25, 0.3) is 0 Å². The van der Waals surface area contributed by atoms with E-state index >= 15 is 0 Å². The molecule has 3 heteroatoms. The van der Waals surface area contributed by atoms with Crippen molar-refractivity contribution in [3.63, 3.8) is 0 Å². The number of aromatic amines is 1. The highest BCUT2D eigenvalue weighted by molar-refractivity contribution is 5.45. The fourth-order valence-corrected chi connectivity index (χ4v) is 3.14. The number of fused-ring (bicyclic) bond motifs is 3. The maximum atomic E-state index is 6.01. The minimum atomic E-state index is -0.0188. The average molecular weight is 314 g/mol. The Morgan fingerprint density at radius 3 is 2.70 bits per heavy atom. The van der Waals surface area contributed by atoms with Crippen molar-refractivity contribution in [2.45, 2.75) is 59.5 Å². The Morgan fingerprint density at radius 2 is 2.04 bits per heavy atom. The molecule has 0 amide bonds. The number of hydrogen-bond acceptors (Lipinski definition) is 2. The van der Waals surface area contributed by atoms with Gasteiger partial charge in [0, 0.05) is 11.0 Å². The Kier molecular flexibility index (Phi) is 6.28. The number of aromatic nitrogens is 1. The first-order chi connectivity index (χ1) is 11.1. The second-order valence-electron chi connectivity index (χ2n) is 6.22. The highest BCUT2D eigenvalue weighted by atomic mass is 16.5. The normalized spacial score (nSPS) is 20.4. The second-order valence-corrected chi connectivity index (χ2v) is 6.22. The van der Waals surface area contributed by atoms with Crippen molar-refractivity contribution in [2.75, 3.05) is 6.61 Å². The van der Waals surface area contributed by atoms with Crippen LogP contribution in [0, 0.1) is 0 Å². The Labute approximate surface area is 139 Å². The Morgan fingerprint density at radius 1 is 1.35 bits per heavy atom. The molecule has 1 aromatic rings. The molecule has 0 saturated heterocycles. The molecule has 2 aliphatic rings. The van der Waals surface area contributed by atoms with Gasteiger partial charge in [0.15, 0.2) is 0 Å². The molecule has 1 aliphatic carbocycles. The summed E-state index contributed by atoms with van der Waals surface area (Å²) in [4.78, 5) is 3.57. The SMILES string of the molecule is C/C=C(\C=C(/C)N)C1OCCc2c1[nH]c1c2=CCCC=1.CCC. The first kappa shape index (κ1) is 17.6. The number of nitrogens with one attached hydrogen (secondary N) is 1. The lowest BCUT2D eigenvalue weighted by molar-refractivity contribution is 0.0665. The zero-order valence-corrected chi connectivity index (χ0v) is 14.9. The molecule has 23 heavy (non-hydrogen) atoms. The van der Waals surface area contributed by atoms with E-state index in [0.717, 1.165) is 37.1 Å². The molecule has 1 aliphatic heterocycles. The van der Waals surface area contributed by atoms with Crippen molar-refractivity contribution in [3.05, 3.63) is 45.2 Å². The summed E-state index contributed by atoms with van der Waals surface area (Å²) in [5.41, 5.74) is 10.4. The molecule has 2 heterocycles. The van der Waals surface area contributed by atoms with Gasteiger partial charge in [0.2, 0.25) is 0 Å². The van der Waals surface area contributed by atoms with Gasteiger partial charge < -0.3 is 15.5 Å². The van der Waals surface area contributed by atoms with Gasteiger partial charge in [-0.05, 0) is 55.5 Å². The molecule has 3 nitrogen and oxygen atoms in total. The second kappa shape index (κ2) is 8.21. The summed E-state index contributed by atoms with van der Waals surface area (Å²) in [5, 5.41) is 2.66. The topological polar surface area (TPSA) is 51.0 Å². The average Bonchev–Trinajstić information content (AvgIpc) is 2.92. The van der Waals surface area contributed by atoms with Gasteiger partial charge in [-0.3, -0.25) is 0 Å². The molecule has 0 radical (unpaired) electrons. The van der Waals surface area contributed by atoms with E-state index in [2.05, 4.69) is 37.1 Å². The Hall–Kier alpha value is -1.74. The Bertz CT molecular complexity index is 703. The molecule has 3 N–H and O–H groups in total. The number of rotatable bonds is 2. The fourth-order valence-electron chi connectivity index (χ4n) is 3.14. The van der Waals surface area contributed by atoms with Crippen LogP contribution in [0.3, 0.4) is 0 Å². The highest BCUT2D eigenvalue weighted by Gasteiger charge is 2.26. The summed E-state index contributed by atoms with van der Waals surface area (Å²) in [6.45, 7) is 8.96. The number of hydrogen-bond donors (Lipinski definition) is 2. The molecule has 0 bridgehead atoms. The van der Waals surface area contributed by atoms with Crippen LogP contribution in [0.2, 0.25) is 0 Å². The molecule has 0 fully saturated rings. The summed E-state index contributed by atoms with van der Waals surface area (Å²) < 4.78 is 6.01. The summed E-state index contributed by atoms with van der Waals surface area (Å²) in [6.07, 6.45) is 13.2. The van der Waals surface area contributed by atoms with Gasteiger partial charge in [-0.25, -0.2) is 0 Å². The fraction of sp³-hybridized carbons (Fsp3) is 0.500. The van der Waals surface area contributed by atoms with Gasteiger partial charge >= 0.3 is 0 Å². The van der Waals surface area contributed by atoms with Crippen molar-refractivity contribution in [1.29, 1.82) is 0 Å². The third-order valence-electron chi connectivity index (χ3n) is 4.00. The molecule has 1 unspecified atom stereocenters. The number of nitrogens with two attached hydrogens (primary N) is 1. The monoisotopic (exact) mass is 314 g/mol. The minimum Gasteiger partial charge on any atom is -0.402 e. The lowest BCUT2D eigenvalue weighted by atomic mass is 9.97. The summed E-state index contributed by atoms with van der Waals surface area (Å²) in [5.74, 6) is 0. The molecular weight excluding hydrogens is 284 g/mol. The van der Waals surface area contributed by atoms with Crippen LogP contribution in [0.25, 0.3) is 12.2 Å². The first-order valence-electron chi connectivity index (χ1n) is 8.75. The van der Waals surface area contributed by atoms with Gasteiger partial charge in [-0.15, -0.1) is 0 Å². The van der Waals surface area contributed by atoms with Crippen molar-refractivity contribution >= 4 is 12.2 Å². The van der Waals surface area contributed by atoms with Crippen LogP contribution in [-0.2, 0) is 11.2 Å². The highest BCUT2D eigenvalue weighted by Crippen LogP contribution is 2.30. The van der Waals surface area contributed by atoms with E-state index in [9.17, 15) is 0 Å². The zero-order chi connectivity index (χ0) is 16.8. The van der Waals surface area contributed by atoms with Crippen LogP contribution in [0.15, 0.2) is 23.4 Å². The molecule has 1 aromatic heterocycles. The van der Waals surface area contributed by atoms with Crippen LogP contribution in [0.5, 0.6) is 0 Å². The van der Waals surface area contributed by atoms with Crippen LogP contribution >= 0.6 is 0 Å². The van der Waals surface area contributed by atoms with Crippen molar-refractivity contribution in [3.8, 4) is 0 Å². The summed E-state index contributed by atoms with van der Waals surface area (Å²) in [6, 6.07) is 0. The molecule has 0 saturated carbocycles. The smallest absolute Gasteiger partial charge is 0.122 e. The predicted octanol–water partition coefficient (Wildman–Crippen LogP) is 3.21. The van der Waals surface area contributed by atoms with Crippen LogP contribution in [-0.4, -0.2) is 11.6 Å². The van der Waals surface area contributed by atoms with Crippen LogP contribution < -0.4 is 16.3 Å². The number of ether oxygens (including phenoxy) is 1. The van der Waals surface area contributed by atoms with E-state index in [0.29, 0.717) is 0 Å². The van der Waals surface area contributed by atoms with E-state index in [4.69, 9.17) is 10.5 Å². The minimum absolute atomic E-state index is 0.0188. The van der Waals surface area contributed by atoms with Crippen LogP contribution in [0.4, 0.5) is 0 Å².